The van der Waals surface area contributed by atoms with E-state index in [1.54, 1.807) is 10.6 Å². The Hall–Kier alpha value is -2.23. The monoisotopic (exact) mass is 273 g/mol. The van der Waals surface area contributed by atoms with Gasteiger partial charge in [-0.15, -0.1) is 0 Å². The van der Waals surface area contributed by atoms with E-state index < -0.39 is 0 Å². The third kappa shape index (κ3) is 3.63. The number of aryl methyl sites for hydroxylation is 1. The molecule has 0 saturated carbocycles. The van der Waals surface area contributed by atoms with Crippen molar-refractivity contribution in [3.05, 3.63) is 58.5 Å². The second kappa shape index (κ2) is 6.80. The Kier molecular flexibility index (Phi) is 4.82. The molecule has 0 aliphatic carbocycles. The number of aromatic nitrogens is 1. The van der Waals surface area contributed by atoms with Crippen molar-refractivity contribution in [1.29, 1.82) is 0 Å². The molecule has 20 heavy (non-hydrogen) atoms. The van der Waals surface area contributed by atoms with Crippen LogP contribution in [0, 0.1) is 6.92 Å². The minimum atomic E-state index is -0.0164. The molecule has 0 radical (unpaired) electrons. The maximum atomic E-state index is 11.7. The van der Waals surface area contributed by atoms with Crippen LogP contribution < -0.4 is 15.0 Å². The molecule has 1 aromatic carbocycles. The van der Waals surface area contributed by atoms with Crippen LogP contribution in [0.5, 0.6) is 11.5 Å². The highest BCUT2D eigenvalue weighted by atomic mass is 16.5. The molecule has 0 atom stereocenters. The maximum absolute atomic E-state index is 11.7. The van der Waals surface area contributed by atoms with Crippen molar-refractivity contribution in [3.63, 3.8) is 0 Å². The molecule has 0 aliphatic heterocycles. The first kappa shape index (κ1) is 14.2. The van der Waals surface area contributed by atoms with Gasteiger partial charge in [0.15, 0.2) is 11.5 Å². The van der Waals surface area contributed by atoms with E-state index in [4.69, 9.17) is 9.47 Å². The number of rotatable bonds is 6. The molecular weight excluding hydrogens is 254 g/mol. The molecule has 0 amide bonds. The second-order valence-corrected chi connectivity index (χ2v) is 4.47. The smallest absolute Gasteiger partial charge is 0.250 e. The number of pyridine rings is 1. The molecule has 1 heterocycles. The lowest BCUT2D eigenvalue weighted by Gasteiger charge is -2.12. The van der Waals surface area contributed by atoms with Crippen molar-refractivity contribution >= 4 is 0 Å². The summed E-state index contributed by atoms with van der Waals surface area (Å²) in [5.41, 5.74) is 1.04. The minimum absolute atomic E-state index is 0.0164. The second-order valence-electron chi connectivity index (χ2n) is 4.47. The zero-order valence-corrected chi connectivity index (χ0v) is 11.8. The van der Waals surface area contributed by atoms with Crippen LogP contribution in [0.1, 0.15) is 12.5 Å². The van der Waals surface area contributed by atoms with Gasteiger partial charge in [0.05, 0.1) is 13.2 Å². The van der Waals surface area contributed by atoms with E-state index in [1.165, 1.54) is 0 Å². The van der Waals surface area contributed by atoms with Crippen LogP contribution in [-0.4, -0.2) is 17.8 Å². The predicted octanol–water partition coefficient (Wildman–Crippen LogP) is 2.63. The van der Waals surface area contributed by atoms with Crippen LogP contribution in [0.15, 0.2) is 47.4 Å². The quantitative estimate of drug-likeness (QED) is 0.812. The fourth-order valence-electron chi connectivity index (χ4n) is 1.92. The Morgan fingerprint density at radius 3 is 2.45 bits per heavy atom. The first-order valence-corrected chi connectivity index (χ1v) is 6.72. The third-order valence-corrected chi connectivity index (χ3v) is 2.87. The highest BCUT2D eigenvalue weighted by Gasteiger charge is 2.03. The van der Waals surface area contributed by atoms with Crippen LogP contribution in [0.3, 0.4) is 0 Å². The molecule has 4 nitrogen and oxygen atoms in total. The van der Waals surface area contributed by atoms with Gasteiger partial charge in [0, 0.05) is 12.3 Å². The average molecular weight is 273 g/mol. The van der Waals surface area contributed by atoms with Gasteiger partial charge in [0.25, 0.3) is 5.56 Å². The van der Waals surface area contributed by atoms with Crippen molar-refractivity contribution < 1.29 is 9.47 Å². The van der Waals surface area contributed by atoms with Gasteiger partial charge >= 0.3 is 0 Å². The molecule has 0 spiro atoms. The van der Waals surface area contributed by atoms with E-state index in [0.29, 0.717) is 25.5 Å². The SMILES string of the molecule is CCOc1ccccc1OCCn1cc(C)ccc1=O. The van der Waals surface area contributed by atoms with Crippen LogP contribution in [0.25, 0.3) is 0 Å². The standard InChI is InChI=1S/C16H19NO3/c1-3-19-14-6-4-5-7-15(14)20-11-10-17-12-13(2)8-9-16(17)18/h4-9,12H,3,10-11H2,1-2H3. The van der Waals surface area contributed by atoms with Gasteiger partial charge in [0.1, 0.15) is 6.61 Å². The number of ether oxygens (including phenoxy) is 2. The van der Waals surface area contributed by atoms with Crippen molar-refractivity contribution in [2.45, 2.75) is 20.4 Å². The molecule has 1 aromatic heterocycles. The van der Waals surface area contributed by atoms with Gasteiger partial charge in [-0.2, -0.15) is 0 Å². The molecule has 2 aromatic rings. The van der Waals surface area contributed by atoms with Crippen LogP contribution >= 0.6 is 0 Å². The van der Waals surface area contributed by atoms with Gasteiger partial charge < -0.3 is 14.0 Å². The van der Waals surface area contributed by atoms with Gasteiger partial charge in [-0.05, 0) is 31.5 Å². The summed E-state index contributed by atoms with van der Waals surface area (Å²) in [5.74, 6) is 1.43. The Labute approximate surface area is 118 Å². The highest BCUT2D eigenvalue weighted by molar-refractivity contribution is 5.39. The summed E-state index contributed by atoms with van der Waals surface area (Å²) in [7, 11) is 0. The molecule has 0 N–H and O–H groups in total. The number of hydrogen-bond acceptors (Lipinski definition) is 3. The zero-order valence-electron chi connectivity index (χ0n) is 11.8. The van der Waals surface area contributed by atoms with Crippen LogP contribution in [-0.2, 0) is 6.54 Å². The molecule has 4 heteroatoms. The summed E-state index contributed by atoms with van der Waals surface area (Å²) in [6.07, 6.45) is 1.83. The van der Waals surface area contributed by atoms with Crippen molar-refractivity contribution in [2.24, 2.45) is 0 Å². The topological polar surface area (TPSA) is 40.5 Å². The predicted molar refractivity (Wildman–Crippen MR) is 78.5 cm³/mol. The number of benzene rings is 1. The zero-order chi connectivity index (χ0) is 14.4. The molecular formula is C16H19NO3. The van der Waals surface area contributed by atoms with Gasteiger partial charge in [-0.3, -0.25) is 4.79 Å². The fraction of sp³-hybridized carbons (Fsp3) is 0.312. The van der Waals surface area contributed by atoms with Crippen LogP contribution in [0.4, 0.5) is 0 Å². The lowest BCUT2D eigenvalue weighted by molar-refractivity contribution is 0.265. The Balaban J connectivity index is 1.99. The molecule has 0 aliphatic rings. The van der Waals surface area contributed by atoms with E-state index in [1.807, 2.05) is 50.4 Å². The van der Waals surface area contributed by atoms with E-state index in [9.17, 15) is 4.79 Å². The van der Waals surface area contributed by atoms with E-state index in [0.717, 1.165) is 11.3 Å². The molecule has 2 rings (SSSR count). The largest absolute Gasteiger partial charge is 0.490 e. The lowest BCUT2D eigenvalue weighted by atomic mass is 10.3. The first-order chi connectivity index (χ1) is 9.70. The van der Waals surface area contributed by atoms with Crippen molar-refractivity contribution in [2.75, 3.05) is 13.2 Å². The summed E-state index contributed by atoms with van der Waals surface area (Å²) in [6, 6.07) is 10.9. The maximum Gasteiger partial charge on any atom is 0.250 e. The molecule has 106 valence electrons. The summed E-state index contributed by atoms with van der Waals surface area (Å²) in [4.78, 5) is 11.7. The Morgan fingerprint density at radius 2 is 1.75 bits per heavy atom. The third-order valence-electron chi connectivity index (χ3n) is 2.87. The minimum Gasteiger partial charge on any atom is -0.490 e. The van der Waals surface area contributed by atoms with Gasteiger partial charge in [-0.25, -0.2) is 0 Å². The van der Waals surface area contributed by atoms with Crippen molar-refractivity contribution in [3.8, 4) is 11.5 Å². The Morgan fingerprint density at radius 1 is 1.05 bits per heavy atom. The number of nitrogens with zero attached hydrogens (tertiary/aromatic N) is 1. The van der Waals surface area contributed by atoms with E-state index in [2.05, 4.69) is 0 Å². The first-order valence-electron chi connectivity index (χ1n) is 6.72. The number of hydrogen-bond donors (Lipinski definition) is 0. The van der Waals surface area contributed by atoms with Gasteiger partial charge in [0.2, 0.25) is 0 Å². The fourth-order valence-corrected chi connectivity index (χ4v) is 1.92. The van der Waals surface area contributed by atoms with Crippen LogP contribution in [0.2, 0.25) is 0 Å². The highest BCUT2D eigenvalue weighted by Crippen LogP contribution is 2.26. The van der Waals surface area contributed by atoms with Crippen molar-refractivity contribution in [1.82, 2.24) is 4.57 Å². The summed E-state index contributed by atoms with van der Waals surface area (Å²) >= 11 is 0. The average Bonchev–Trinajstić information content (AvgIpc) is 2.45. The summed E-state index contributed by atoms with van der Waals surface area (Å²) in [6.45, 7) is 5.43. The van der Waals surface area contributed by atoms with E-state index in [-0.39, 0.29) is 5.56 Å². The molecule has 0 bridgehead atoms. The molecule has 0 unspecified atom stereocenters. The molecule has 0 saturated heterocycles. The van der Waals surface area contributed by atoms with Gasteiger partial charge in [-0.1, -0.05) is 18.2 Å². The Bertz CT molecular complexity index is 619. The normalized spacial score (nSPS) is 10.3. The summed E-state index contributed by atoms with van der Waals surface area (Å²) < 4.78 is 12.8. The number of para-hydroxylation sites is 2. The van der Waals surface area contributed by atoms with E-state index >= 15 is 0 Å². The molecule has 0 fully saturated rings. The summed E-state index contributed by atoms with van der Waals surface area (Å²) in [5, 5.41) is 0. The lowest BCUT2D eigenvalue weighted by Crippen LogP contribution is -2.22.